The van der Waals surface area contributed by atoms with E-state index in [9.17, 15) is 13.6 Å². The molecule has 2 aliphatic carbocycles. The number of alkyl halides is 2. The Hall–Kier alpha value is -1.85. The third kappa shape index (κ3) is 3.48. The van der Waals surface area contributed by atoms with Crippen LogP contribution in [0.25, 0.3) is 0 Å². The molecule has 6 heteroatoms. The molecular formula is C16H20F2N2O2. The Morgan fingerprint density at radius 3 is 2.73 bits per heavy atom. The topological polar surface area (TPSA) is 50.4 Å². The molecule has 0 bridgehead atoms. The minimum Gasteiger partial charge on any atom is -0.435 e. The SMILES string of the molecule is CC(NC(=O)NC1CC2(CC2)C1)c1cccc(OC(F)F)c1. The summed E-state index contributed by atoms with van der Waals surface area (Å²) >= 11 is 0. The fourth-order valence-corrected chi connectivity index (χ4v) is 3.14. The highest BCUT2D eigenvalue weighted by atomic mass is 19.3. The summed E-state index contributed by atoms with van der Waals surface area (Å²) in [4.78, 5) is 12.0. The van der Waals surface area contributed by atoms with Crippen LogP contribution in [0.15, 0.2) is 24.3 Å². The third-order valence-electron chi connectivity index (χ3n) is 4.58. The predicted molar refractivity (Wildman–Crippen MR) is 77.8 cm³/mol. The zero-order valence-electron chi connectivity index (χ0n) is 12.4. The number of amides is 2. The van der Waals surface area contributed by atoms with Gasteiger partial charge in [0.25, 0.3) is 0 Å². The number of carbonyl (C=O) groups excluding carboxylic acids is 1. The van der Waals surface area contributed by atoms with Crippen molar-refractivity contribution >= 4 is 6.03 Å². The molecule has 120 valence electrons. The van der Waals surface area contributed by atoms with Gasteiger partial charge in [-0.05, 0) is 55.7 Å². The largest absolute Gasteiger partial charge is 0.435 e. The number of urea groups is 1. The number of hydrogen-bond acceptors (Lipinski definition) is 2. The highest BCUT2D eigenvalue weighted by Crippen LogP contribution is 2.60. The van der Waals surface area contributed by atoms with E-state index in [2.05, 4.69) is 15.4 Å². The van der Waals surface area contributed by atoms with E-state index in [1.165, 1.54) is 25.0 Å². The lowest BCUT2D eigenvalue weighted by Gasteiger charge is -2.36. The summed E-state index contributed by atoms with van der Waals surface area (Å²) < 4.78 is 28.8. The third-order valence-corrected chi connectivity index (χ3v) is 4.58. The first kappa shape index (κ1) is 15.1. The average molecular weight is 310 g/mol. The molecule has 1 atom stereocenters. The fraction of sp³-hybridized carbons (Fsp3) is 0.562. The lowest BCUT2D eigenvalue weighted by molar-refractivity contribution is -0.0499. The van der Waals surface area contributed by atoms with Gasteiger partial charge in [0.1, 0.15) is 5.75 Å². The smallest absolute Gasteiger partial charge is 0.387 e. The second-order valence-corrected chi connectivity index (χ2v) is 6.40. The molecule has 2 saturated carbocycles. The standard InChI is InChI=1S/C16H20F2N2O2/c1-10(11-3-2-4-13(7-11)22-14(17)18)19-15(21)20-12-8-16(9-12)5-6-16/h2-4,7,10,12,14H,5-6,8-9H2,1H3,(H2,19,20,21). The molecule has 1 spiro atoms. The van der Waals surface area contributed by atoms with Gasteiger partial charge in [-0.15, -0.1) is 0 Å². The number of halogens is 2. The van der Waals surface area contributed by atoms with E-state index in [0.717, 1.165) is 18.4 Å². The monoisotopic (exact) mass is 310 g/mol. The van der Waals surface area contributed by atoms with Gasteiger partial charge in [0.15, 0.2) is 0 Å². The van der Waals surface area contributed by atoms with Crippen molar-refractivity contribution in [2.45, 2.75) is 51.3 Å². The number of ether oxygens (including phenoxy) is 1. The van der Waals surface area contributed by atoms with Crippen molar-refractivity contribution in [1.82, 2.24) is 10.6 Å². The van der Waals surface area contributed by atoms with Crippen molar-refractivity contribution < 1.29 is 18.3 Å². The average Bonchev–Trinajstić information content (AvgIpc) is 3.18. The second kappa shape index (κ2) is 5.74. The molecule has 1 aromatic rings. The van der Waals surface area contributed by atoms with Crippen LogP contribution in [0, 0.1) is 5.41 Å². The van der Waals surface area contributed by atoms with Crippen LogP contribution < -0.4 is 15.4 Å². The molecule has 2 N–H and O–H groups in total. The van der Waals surface area contributed by atoms with Crippen LogP contribution in [0.3, 0.4) is 0 Å². The maximum atomic E-state index is 12.2. The van der Waals surface area contributed by atoms with Crippen LogP contribution in [0.2, 0.25) is 0 Å². The summed E-state index contributed by atoms with van der Waals surface area (Å²) in [5.41, 5.74) is 1.27. The van der Waals surface area contributed by atoms with Gasteiger partial charge in [0.05, 0.1) is 6.04 Å². The van der Waals surface area contributed by atoms with E-state index in [1.807, 2.05) is 6.92 Å². The first-order valence-electron chi connectivity index (χ1n) is 7.58. The van der Waals surface area contributed by atoms with E-state index >= 15 is 0 Å². The molecule has 3 rings (SSSR count). The molecule has 4 nitrogen and oxygen atoms in total. The highest BCUT2D eigenvalue weighted by Gasteiger charge is 2.53. The van der Waals surface area contributed by atoms with E-state index in [-0.39, 0.29) is 23.9 Å². The summed E-state index contributed by atoms with van der Waals surface area (Å²) in [6.45, 7) is -1.04. The van der Waals surface area contributed by atoms with E-state index in [0.29, 0.717) is 5.41 Å². The Kier molecular flexibility index (Phi) is 3.93. The Bertz CT molecular complexity index is 553. The highest BCUT2D eigenvalue weighted by molar-refractivity contribution is 5.75. The molecule has 0 saturated heterocycles. The number of benzene rings is 1. The zero-order chi connectivity index (χ0) is 15.7. The van der Waals surface area contributed by atoms with Gasteiger partial charge in [-0.25, -0.2) is 4.79 Å². The Labute approximate surface area is 128 Å². The molecule has 2 aliphatic rings. The molecule has 1 aromatic carbocycles. The summed E-state index contributed by atoms with van der Waals surface area (Å²) in [5, 5.41) is 5.79. The molecule has 0 radical (unpaired) electrons. The maximum Gasteiger partial charge on any atom is 0.387 e. The summed E-state index contributed by atoms with van der Waals surface area (Å²) in [5.74, 6) is 0.0937. The minimum atomic E-state index is -2.85. The van der Waals surface area contributed by atoms with Crippen molar-refractivity contribution in [3.05, 3.63) is 29.8 Å². The van der Waals surface area contributed by atoms with Crippen LogP contribution in [-0.2, 0) is 0 Å². The van der Waals surface area contributed by atoms with Gasteiger partial charge in [0.2, 0.25) is 0 Å². The lowest BCUT2D eigenvalue weighted by Crippen LogP contribution is -2.49. The Morgan fingerprint density at radius 2 is 2.09 bits per heavy atom. The predicted octanol–water partition coefficient (Wildman–Crippen LogP) is 3.59. The van der Waals surface area contributed by atoms with Gasteiger partial charge >= 0.3 is 12.6 Å². The molecule has 1 unspecified atom stereocenters. The molecular weight excluding hydrogens is 290 g/mol. The molecule has 0 heterocycles. The first-order valence-corrected chi connectivity index (χ1v) is 7.58. The van der Waals surface area contributed by atoms with Gasteiger partial charge in [0, 0.05) is 6.04 Å². The molecule has 22 heavy (non-hydrogen) atoms. The zero-order valence-corrected chi connectivity index (χ0v) is 12.4. The Balaban J connectivity index is 1.50. The van der Waals surface area contributed by atoms with Crippen LogP contribution in [0.1, 0.15) is 44.2 Å². The van der Waals surface area contributed by atoms with E-state index < -0.39 is 6.61 Å². The number of nitrogens with one attached hydrogen (secondary N) is 2. The number of hydrogen-bond donors (Lipinski definition) is 2. The Morgan fingerprint density at radius 1 is 1.36 bits per heavy atom. The van der Waals surface area contributed by atoms with E-state index in [4.69, 9.17) is 0 Å². The number of carbonyl (C=O) groups is 1. The van der Waals surface area contributed by atoms with Gasteiger partial charge in [-0.3, -0.25) is 0 Å². The second-order valence-electron chi connectivity index (χ2n) is 6.40. The lowest BCUT2D eigenvalue weighted by atomic mass is 9.77. The molecule has 2 fully saturated rings. The summed E-state index contributed by atoms with van der Waals surface area (Å²) in [6, 6.07) is 6.15. The van der Waals surface area contributed by atoms with Crippen LogP contribution in [-0.4, -0.2) is 18.7 Å². The molecule has 0 aromatic heterocycles. The normalized spacial score (nSPS) is 20.4. The molecule has 0 aliphatic heterocycles. The maximum absolute atomic E-state index is 12.2. The van der Waals surface area contributed by atoms with Crippen LogP contribution in [0.5, 0.6) is 5.75 Å². The van der Waals surface area contributed by atoms with Gasteiger partial charge in [-0.1, -0.05) is 12.1 Å². The number of rotatable bonds is 5. The van der Waals surface area contributed by atoms with Crippen molar-refractivity contribution in [3.63, 3.8) is 0 Å². The van der Waals surface area contributed by atoms with Crippen molar-refractivity contribution in [1.29, 1.82) is 0 Å². The van der Waals surface area contributed by atoms with Crippen LogP contribution in [0.4, 0.5) is 13.6 Å². The van der Waals surface area contributed by atoms with Crippen molar-refractivity contribution in [2.24, 2.45) is 5.41 Å². The summed E-state index contributed by atoms with van der Waals surface area (Å²) in [7, 11) is 0. The van der Waals surface area contributed by atoms with E-state index in [1.54, 1.807) is 12.1 Å². The van der Waals surface area contributed by atoms with Gasteiger partial charge < -0.3 is 15.4 Å². The fourth-order valence-electron chi connectivity index (χ4n) is 3.14. The quantitative estimate of drug-likeness (QED) is 0.873. The summed E-state index contributed by atoms with van der Waals surface area (Å²) in [6.07, 6.45) is 4.74. The van der Waals surface area contributed by atoms with Gasteiger partial charge in [-0.2, -0.15) is 8.78 Å². The van der Waals surface area contributed by atoms with Crippen molar-refractivity contribution in [3.8, 4) is 5.75 Å². The van der Waals surface area contributed by atoms with Crippen molar-refractivity contribution in [2.75, 3.05) is 0 Å². The first-order chi connectivity index (χ1) is 10.5. The van der Waals surface area contributed by atoms with Crippen LogP contribution >= 0.6 is 0 Å². The molecule has 2 amide bonds. The minimum absolute atomic E-state index is 0.0937.